The molecule has 1 amide bonds. The first-order valence-electron chi connectivity index (χ1n) is 5.92. The summed E-state index contributed by atoms with van der Waals surface area (Å²) in [6.45, 7) is 1.70. The number of aromatic carboxylic acids is 1. The second kappa shape index (κ2) is 5.44. The minimum atomic E-state index is -1.03. The highest BCUT2D eigenvalue weighted by Gasteiger charge is 2.12. The molecule has 5 nitrogen and oxygen atoms in total. The normalized spacial score (nSPS) is 10.1. The van der Waals surface area contributed by atoms with E-state index in [2.05, 4.69) is 5.32 Å². The van der Waals surface area contributed by atoms with Gasteiger partial charge in [0, 0.05) is 5.69 Å². The Kier molecular flexibility index (Phi) is 3.70. The van der Waals surface area contributed by atoms with E-state index in [9.17, 15) is 14.7 Å². The highest BCUT2D eigenvalue weighted by atomic mass is 16.4. The highest BCUT2D eigenvalue weighted by molar-refractivity contribution is 6.06. The fourth-order valence-corrected chi connectivity index (χ4v) is 1.74. The van der Waals surface area contributed by atoms with Crippen LogP contribution in [0, 0.1) is 6.92 Å². The number of para-hydroxylation sites is 1. The molecule has 0 aliphatic heterocycles. The smallest absolute Gasteiger partial charge is 0.335 e. The molecule has 2 aromatic rings. The number of phenolic OH excluding ortho intramolecular Hbond substituents is 1. The first-order valence-corrected chi connectivity index (χ1v) is 5.92. The molecule has 0 heterocycles. The number of nitrogens with one attached hydrogen (secondary N) is 1. The fourth-order valence-electron chi connectivity index (χ4n) is 1.74. The Morgan fingerprint density at radius 2 is 1.70 bits per heavy atom. The van der Waals surface area contributed by atoms with Gasteiger partial charge in [0.2, 0.25) is 0 Å². The fraction of sp³-hybridized carbons (Fsp3) is 0.0667. The molecular weight excluding hydrogens is 258 g/mol. The van der Waals surface area contributed by atoms with Crippen molar-refractivity contribution >= 4 is 17.6 Å². The molecule has 102 valence electrons. The van der Waals surface area contributed by atoms with Crippen LogP contribution in [0.1, 0.15) is 26.3 Å². The summed E-state index contributed by atoms with van der Waals surface area (Å²) in [5, 5.41) is 21.2. The Labute approximate surface area is 115 Å². The van der Waals surface area contributed by atoms with Crippen LogP contribution < -0.4 is 5.32 Å². The van der Waals surface area contributed by atoms with Crippen molar-refractivity contribution in [3.63, 3.8) is 0 Å². The van der Waals surface area contributed by atoms with Crippen LogP contribution in [0.15, 0.2) is 42.5 Å². The monoisotopic (exact) mass is 271 g/mol. The van der Waals surface area contributed by atoms with Crippen molar-refractivity contribution in [2.75, 3.05) is 5.32 Å². The summed E-state index contributed by atoms with van der Waals surface area (Å²) in [5.41, 5.74) is 1.38. The van der Waals surface area contributed by atoms with Crippen LogP contribution in [0.2, 0.25) is 0 Å². The van der Waals surface area contributed by atoms with Gasteiger partial charge in [-0.25, -0.2) is 4.79 Å². The molecule has 0 radical (unpaired) electrons. The van der Waals surface area contributed by atoms with Crippen molar-refractivity contribution in [1.29, 1.82) is 0 Å². The van der Waals surface area contributed by atoms with E-state index in [1.807, 2.05) is 0 Å². The SMILES string of the molecule is Cc1cccc(C(=O)Nc2ccc(C(=O)O)cc2)c1O. The van der Waals surface area contributed by atoms with Gasteiger partial charge in [-0.2, -0.15) is 0 Å². The van der Waals surface area contributed by atoms with Gasteiger partial charge in [0.1, 0.15) is 5.75 Å². The minimum Gasteiger partial charge on any atom is -0.507 e. The molecule has 0 saturated heterocycles. The lowest BCUT2D eigenvalue weighted by molar-refractivity contribution is 0.0696. The third kappa shape index (κ3) is 2.77. The standard InChI is InChI=1S/C15H13NO4/c1-9-3-2-4-12(13(9)17)14(18)16-11-7-5-10(6-8-11)15(19)20/h2-8,17H,1H3,(H,16,18)(H,19,20). The number of aryl methyl sites for hydroxylation is 1. The van der Waals surface area contributed by atoms with Gasteiger partial charge < -0.3 is 15.5 Å². The molecule has 0 fully saturated rings. The van der Waals surface area contributed by atoms with Crippen molar-refractivity contribution < 1.29 is 19.8 Å². The minimum absolute atomic E-state index is 0.0628. The summed E-state index contributed by atoms with van der Waals surface area (Å²) in [6, 6.07) is 10.7. The van der Waals surface area contributed by atoms with Crippen LogP contribution in [0.5, 0.6) is 5.75 Å². The summed E-state index contributed by atoms with van der Waals surface area (Å²) < 4.78 is 0. The number of carboxylic acid groups (broad SMARTS) is 1. The summed E-state index contributed by atoms with van der Waals surface area (Å²) in [4.78, 5) is 22.7. The van der Waals surface area contributed by atoms with Crippen LogP contribution in [0.4, 0.5) is 5.69 Å². The zero-order chi connectivity index (χ0) is 14.7. The third-order valence-corrected chi connectivity index (χ3v) is 2.87. The highest BCUT2D eigenvalue weighted by Crippen LogP contribution is 2.22. The summed E-state index contributed by atoms with van der Waals surface area (Å²) >= 11 is 0. The average Bonchev–Trinajstić information content (AvgIpc) is 2.42. The number of aromatic hydroxyl groups is 1. The molecule has 0 aromatic heterocycles. The van der Waals surface area contributed by atoms with Crippen molar-refractivity contribution in [1.82, 2.24) is 0 Å². The molecule has 3 N–H and O–H groups in total. The molecule has 2 aromatic carbocycles. The van der Waals surface area contributed by atoms with Crippen molar-refractivity contribution in [3.8, 4) is 5.75 Å². The van der Waals surface area contributed by atoms with E-state index >= 15 is 0 Å². The molecule has 5 heteroatoms. The number of anilines is 1. The van der Waals surface area contributed by atoms with Crippen molar-refractivity contribution in [3.05, 3.63) is 59.2 Å². The Morgan fingerprint density at radius 3 is 2.30 bits per heavy atom. The summed E-state index contributed by atoms with van der Waals surface area (Å²) in [6.07, 6.45) is 0. The Balaban J connectivity index is 2.19. The van der Waals surface area contributed by atoms with Crippen LogP contribution in [-0.2, 0) is 0 Å². The van der Waals surface area contributed by atoms with E-state index in [1.165, 1.54) is 30.3 Å². The van der Waals surface area contributed by atoms with E-state index in [4.69, 9.17) is 5.11 Å². The molecule has 0 bridgehead atoms. The van der Waals surface area contributed by atoms with Gasteiger partial charge in [0.25, 0.3) is 5.91 Å². The number of carbonyl (C=O) groups is 2. The molecule has 0 unspecified atom stereocenters. The molecule has 20 heavy (non-hydrogen) atoms. The van der Waals surface area contributed by atoms with Crippen molar-refractivity contribution in [2.45, 2.75) is 6.92 Å². The average molecular weight is 271 g/mol. The lowest BCUT2D eigenvalue weighted by Gasteiger charge is -2.08. The number of rotatable bonds is 3. The number of amides is 1. The first-order chi connectivity index (χ1) is 9.49. The maximum Gasteiger partial charge on any atom is 0.335 e. The first kappa shape index (κ1) is 13.6. The number of phenols is 1. The Morgan fingerprint density at radius 1 is 1.05 bits per heavy atom. The number of hydrogen-bond donors (Lipinski definition) is 3. The number of carboxylic acids is 1. The predicted octanol–water partition coefficient (Wildman–Crippen LogP) is 2.65. The topological polar surface area (TPSA) is 86.6 Å². The quantitative estimate of drug-likeness (QED) is 0.801. The molecule has 0 saturated carbocycles. The Hall–Kier alpha value is -2.82. The van der Waals surface area contributed by atoms with Crippen molar-refractivity contribution in [2.24, 2.45) is 0 Å². The lowest BCUT2D eigenvalue weighted by atomic mass is 10.1. The van der Waals surface area contributed by atoms with Crippen LogP contribution in [0.25, 0.3) is 0 Å². The zero-order valence-electron chi connectivity index (χ0n) is 10.8. The van der Waals surface area contributed by atoms with Gasteiger partial charge in [-0.1, -0.05) is 12.1 Å². The second-order valence-electron chi connectivity index (χ2n) is 4.31. The molecular formula is C15H13NO4. The van der Waals surface area contributed by atoms with Gasteiger partial charge in [0.15, 0.2) is 0 Å². The number of hydrogen-bond acceptors (Lipinski definition) is 3. The molecule has 0 spiro atoms. The molecule has 2 rings (SSSR count). The molecule has 0 aliphatic carbocycles. The van der Waals surface area contributed by atoms with Crippen LogP contribution in [-0.4, -0.2) is 22.1 Å². The van der Waals surface area contributed by atoms with E-state index < -0.39 is 11.9 Å². The largest absolute Gasteiger partial charge is 0.507 e. The van der Waals surface area contributed by atoms with Gasteiger partial charge >= 0.3 is 5.97 Å². The Bertz CT molecular complexity index is 662. The third-order valence-electron chi connectivity index (χ3n) is 2.87. The lowest BCUT2D eigenvalue weighted by Crippen LogP contribution is -2.12. The van der Waals surface area contributed by atoms with Crippen LogP contribution >= 0.6 is 0 Å². The zero-order valence-corrected chi connectivity index (χ0v) is 10.8. The maximum absolute atomic E-state index is 12.0. The van der Waals surface area contributed by atoms with E-state index in [-0.39, 0.29) is 16.9 Å². The van der Waals surface area contributed by atoms with Gasteiger partial charge in [0.05, 0.1) is 11.1 Å². The van der Waals surface area contributed by atoms with E-state index in [0.717, 1.165) is 0 Å². The van der Waals surface area contributed by atoms with Gasteiger partial charge in [-0.3, -0.25) is 4.79 Å². The summed E-state index contributed by atoms with van der Waals surface area (Å²) in [7, 11) is 0. The summed E-state index contributed by atoms with van der Waals surface area (Å²) in [5.74, 6) is -1.54. The number of benzene rings is 2. The van der Waals surface area contributed by atoms with E-state index in [0.29, 0.717) is 11.3 Å². The molecule has 0 aliphatic rings. The van der Waals surface area contributed by atoms with Crippen LogP contribution in [0.3, 0.4) is 0 Å². The molecule has 0 atom stereocenters. The number of carbonyl (C=O) groups excluding carboxylic acids is 1. The van der Waals surface area contributed by atoms with Gasteiger partial charge in [-0.15, -0.1) is 0 Å². The van der Waals surface area contributed by atoms with E-state index in [1.54, 1.807) is 19.1 Å². The van der Waals surface area contributed by atoms with Gasteiger partial charge in [-0.05, 0) is 42.8 Å². The predicted molar refractivity (Wildman–Crippen MR) is 74.2 cm³/mol. The maximum atomic E-state index is 12.0. The second-order valence-corrected chi connectivity index (χ2v) is 4.31.